The smallest absolute Gasteiger partial charge is 0.241 e. The van der Waals surface area contributed by atoms with Crippen molar-refractivity contribution in [1.82, 2.24) is 4.72 Å². The molecule has 2 aromatic carbocycles. The highest BCUT2D eigenvalue weighted by atomic mass is 32.2. The summed E-state index contributed by atoms with van der Waals surface area (Å²) in [6.07, 6.45) is 1.40. The number of phenols is 1. The van der Waals surface area contributed by atoms with E-state index in [1.54, 1.807) is 13.0 Å². The zero-order chi connectivity index (χ0) is 15.0. The van der Waals surface area contributed by atoms with Crippen molar-refractivity contribution in [2.75, 3.05) is 0 Å². The SMILES string of the molecule is Cc1ccc(O)cc1S(=O)(=O)NC1Cc2ccccc2C1. The number of fused-ring (bicyclic) bond motifs is 1. The lowest BCUT2D eigenvalue weighted by atomic mass is 10.1. The van der Waals surface area contributed by atoms with E-state index in [9.17, 15) is 13.5 Å². The molecule has 0 atom stereocenters. The van der Waals surface area contributed by atoms with Gasteiger partial charge < -0.3 is 5.11 Å². The maximum atomic E-state index is 12.5. The van der Waals surface area contributed by atoms with Crippen LogP contribution < -0.4 is 4.72 Å². The van der Waals surface area contributed by atoms with Crippen LogP contribution in [-0.2, 0) is 22.9 Å². The topological polar surface area (TPSA) is 66.4 Å². The maximum Gasteiger partial charge on any atom is 0.241 e. The molecule has 0 spiro atoms. The first-order valence-corrected chi connectivity index (χ1v) is 8.33. The highest BCUT2D eigenvalue weighted by Crippen LogP contribution is 2.25. The summed E-state index contributed by atoms with van der Waals surface area (Å²) in [7, 11) is -3.62. The minimum absolute atomic E-state index is 0.0457. The van der Waals surface area contributed by atoms with Gasteiger partial charge in [0.05, 0.1) is 4.90 Å². The molecular weight excluding hydrogens is 286 g/mol. The Kier molecular flexibility index (Phi) is 3.47. The lowest BCUT2D eigenvalue weighted by Gasteiger charge is -2.14. The number of rotatable bonds is 3. The molecule has 21 heavy (non-hydrogen) atoms. The molecular formula is C16H17NO3S. The number of hydrogen-bond acceptors (Lipinski definition) is 3. The Bertz CT molecular complexity index is 759. The monoisotopic (exact) mass is 303 g/mol. The minimum Gasteiger partial charge on any atom is -0.508 e. The summed E-state index contributed by atoms with van der Waals surface area (Å²) in [5.41, 5.74) is 3.01. The summed E-state index contributed by atoms with van der Waals surface area (Å²) in [5, 5.41) is 9.51. The average molecular weight is 303 g/mol. The summed E-state index contributed by atoms with van der Waals surface area (Å²) >= 11 is 0. The van der Waals surface area contributed by atoms with Crippen LogP contribution in [0.1, 0.15) is 16.7 Å². The summed E-state index contributed by atoms with van der Waals surface area (Å²) < 4.78 is 27.7. The normalized spacial score (nSPS) is 15.1. The van der Waals surface area contributed by atoms with E-state index in [2.05, 4.69) is 4.72 Å². The summed E-state index contributed by atoms with van der Waals surface area (Å²) in [4.78, 5) is 0.137. The van der Waals surface area contributed by atoms with Gasteiger partial charge in [0.15, 0.2) is 0 Å². The third kappa shape index (κ3) is 2.80. The Labute approximate surface area is 124 Å². The van der Waals surface area contributed by atoms with Crippen molar-refractivity contribution >= 4 is 10.0 Å². The van der Waals surface area contributed by atoms with Gasteiger partial charge in [0.25, 0.3) is 0 Å². The molecule has 0 radical (unpaired) electrons. The van der Waals surface area contributed by atoms with Gasteiger partial charge in [-0.15, -0.1) is 0 Å². The van der Waals surface area contributed by atoms with Gasteiger partial charge in [-0.05, 0) is 42.5 Å². The molecule has 0 saturated carbocycles. The summed E-state index contributed by atoms with van der Waals surface area (Å²) in [5.74, 6) is -0.0457. The second-order valence-corrected chi connectivity index (χ2v) is 7.13. The second-order valence-electron chi connectivity index (χ2n) is 5.44. The van der Waals surface area contributed by atoms with Crippen LogP contribution in [0.4, 0.5) is 0 Å². The number of sulfonamides is 1. The van der Waals surface area contributed by atoms with Crippen LogP contribution in [0.3, 0.4) is 0 Å². The Morgan fingerprint density at radius 3 is 2.33 bits per heavy atom. The molecule has 2 N–H and O–H groups in total. The van der Waals surface area contributed by atoms with E-state index in [-0.39, 0.29) is 16.7 Å². The fraction of sp³-hybridized carbons (Fsp3) is 0.250. The van der Waals surface area contributed by atoms with Gasteiger partial charge in [0, 0.05) is 12.1 Å². The van der Waals surface area contributed by atoms with Crippen LogP contribution >= 0.6 is 0 Å². The molecule has 0 amide bonds. The second kappa shape index (κ2) is 5.16. The summed E-state index contributed by atoms with van der Waals surface area (Å²) in [6, 6.07) is 12.2. The van der Waals surface area contributed by atoms with Crippen LogP contribution in [0.25, 0.3) is 0 Å². The first-order valence-electron chi connectivity index (χ1n) is 6.84. The standard InChI is InChI=1S/C16H17NO3S/c1-11-6-7-15(18)10-16(11)21(19,20)17-14-8-12-4-2-3-5-13(12)9-14/h2-7,10,14,17-18H,8-9H2,1H3. The number of hydrogen-bond donors (Lipinski definition) is 2. The molecule has 110 valence electrons. The van der Waals surface area contributed by atoms with Crippen molar-refractivity contribution in [2.45, 2.75) is 30.7 Å². The Morgan fingerprint density at radius 1 is 1.10 bits per heavy atom. The molecule has 1 aliphatic carbocycles. The van der Waals surface area contributed by atoms with Crippen LogP contribution in [-0.4, -0.2) is 19.6 Å². The molecule has 0 heterocycles. The molecule has 4 nitrogen and oxygen atoms in total. The van der Waals surface area contributed by atoms with Crippen LogP contribution in [0.2, 0.25) is 0 Å². The zero-order valence-corrected chi connectivity index (χ0v) is 12.5. The molecule has 3 rings (SSSR count). The van der Waals surface area contributed by atoms with E-state index in [1.165, 1.54) is 23.3 Å². The molecule has 0 aromatic heterocycles. The molecule has 0 bridgehead atoms. The molecule has 0 unspecified atom stereocenters. The minimum atomic E-state index is -3.62. The molecule has 2 aromatic rings. The van der Waals surface area contributed by atoms with Crippen molar-refractivity contribution < 1.29 is 13.5 Å². The van der Waals surface area contributed by atoms with Crippen molar-refractivity contribution in [3.63, 3.8) is 0 Å². The molecule has 0 fully saturated rings. The first kappa shape index (κ1) is 14.1. The van der Waals surface area contributed by atoms with Crippen molar-refractivity contribution in [2.24, 2.45) is 0 Å². The third-order valence-corrected chi connectivity index (χ3v) is 5.50. The van der Waals surface area contributed by atoms with Gasteiger partial charge in [0.1, 0.15) is 5.75 Å². The van der Waals surface area contributed by atoms with Crippen molar-refractivity contribution in [1.29, 1.82) is 0 Å². The van der Waals surface area contributed by atoms with Gasteiger partial charge in [-0.3, -0.25) is 0 Å². The van der Waals surface area contributed by atoms with Gasteiger partial charge in [-0.25, -0.2) is 13.1 Å². The van der Waals surface area contributed by atoms with E-state index in [1.807, 2.05) is 24.3 Å². The van der Waals surface area contributed by atoms with E-state index >= 15 is 0 Å². The van der Waals surface area contributed by atoms with E-state index in [0.717, 1.165) is 0 Å². The third-order valence-electron chi connectivity index (χ3n) is 3.83. The van der Waals surface area contributed by atoms with Gasteiger partial charge in [0.2, 0.25) is 10.0 Å². The van der Waals surface area contributed by atoms with Crippen LogP contribution in [0.15, 0.2) is 47.4 Å². The maximum absolute atomic E-state index is 12.5. The number of benzene rings is 2. The van der Waals surface area contributed by atoms with E-state index < -0.39 is 10.0 Å². The Morgan fingerprint density at radius 2 is 1.71 bits per heavy atom. The van der Waals surface area contributed by atoms with Crippen LogP contribution in [0.5, 0.6) is 5.75 Å². The number of nitrogens with one attached hydrogen (secondary N) is 1. The molecule has 5 heteroatoms. The lowest BCUT2D eigenvalue weighted by Crippen LogP contribution is -2.35. The highest BCUT2D eigenvalue weighted by molar-refractivity contribution is 7.89. The Balaban J connectivity index is 1.84. The predicted molar refractivity (Wildman–Crippen MR) is 80.8 cm³/mol. The molecule has 0 aliphatic heterocycles. The van der Waals surface area contributed by atoms with Crippen molar-refractivity contribution in [3.8, 4) is 5.75 Å². The number of aryl methyl sites for hydroxylation is 1. The predicted octanol–water partition coefficient (Wildman–Crippen LogP) is 2.15. The lowest BCUT2D eigenvalue weighted by molar-refractivity contribution is 0.472. The van der Waals surface area contributed by atoms with Gasteiger partial charge in [-0.2, -0.15) is 0 Å². The van der Waals surface area contributed by atoms with E-state index in [0.29, 0.717) is 18.4 Å². The highest BCUT2D eigenvalue weighted by Gasteiger charge is 2.27. The fourth-order valence-corrected chi connectivity index (χ4v) is 4.30. The van der Waals surface area contributed by atoms with E-state index in [4.69, 9.17) is 0 Å². The first-order chi connectivity index (χ1) is 9.95. The fourth-order valence-electron chi connectivity index (χ4n) is 2.80. The van der Waals surface area contributed by atoms with Crippen molar-refractivity contribution in [3.05, 3.63) is 59.2 Å². The summed E-state index contributed by atoms with van der Waals surface area (Å²) in [6.45, 7) is 1.72. The number of phenolic OH excluding ortho intramolecular Hbond substituents is 1. The quantitative estimate of drug-likeness (QED) is 0.913. The van der Waals surface area contributed by atoms with Gasteiger partial charge >= 0.3 is 0 Å². The largest absolute Gasteiger partial charge is 0.508 e. The molecule has 1 aliphatic rings. The van der Waals surface area contributed by atoms with Gasteiger partial charge in [-0.1, -0.05) is 30.3 Å². The van der Waals surface area contributed by atoms with Crippen LogP contribution in [0, 0.1) is 6.92 Å². The molecule has 0 saturated heterocycles. The average Bonchev–Trinajstić information content (AvgIpc) is 2.82. The zero-order valence-electron chi connectivity index (χ0n) is 11.7. The Hall–Kier alpha value is -1.85. The number of aromatic hydroxyl groups is 1.